The van der Waals surface area contributed by atoms with Crippen LogP contribution in [-0.2, 0) is 0 Å². The third-order valence-corrected chi connectivity index (χ3v) is 3.16. The van der Waals surface area contributed by atoms with Gasteiger partial charge in [-0.15, -0.1) is 0 Å². The number of para-hydroxylation sites is 1. The summed E-state index contributed by atoms with van der Waals surface area (Å²) >= 11 is 0. The second kappa shape index (κ2) is 5.53. The Balaban J connectivity index is 2.03. The Labute approximate surface area is 117 Å². The number of fused-ring (bicyclic) bond motifs is 1. The van der Waals surface area contributed by atoms with E-state index in [2.05, 4.69) is 10.2 Å². The second-order valence-corrected chi connectivity index (χ2v) is 4.39. The molecule has 1 aromatic heterocycles. The third kappa shape index (κ3) is 2.38. The molecule has 2 aromatic carbocycles. The van der Waals surface area contributed by atoms with E-state index in [1.165, 1.54) is 0 Å². The lowest BCUT2D eigenvalue weighted by Gasteiger charge is -2.04. The van der Waals surface area contributed by atoms with Gasteiger partial charge < -0.3 is 4.74 Å². The average Bonchev–Trinajstić information content (AvgIpc) is 2.53. The van der Waals surface area contributed by atoms with Crippen LogP contribution in [0.2, 0.25) is 0 Å². The molecule has 98 valence electrons. The first-order valence-electron chi connectivity index (χ1n) is 6.40. The lowest BCUT2D eigenvalue weighted by Crippen LogP contribution is -1.87. The molecule has 0 atom stereocenters. The van der Waals surface area contributed by atoms with E-state index in [-0.39, 0.29) is 0 Å². The molecule has 0 spiro atoms. The molecule has 0 aliphatic carbocycles. The Morgan fingerprint density at radius 2 is 1.65 bits per heavy atom. The summed E-state index contributed by atoms with van der Waals surface area (Å²) in [7, 11) is 1.68. The summed E-state index contributed by atoms with van der Waals surface area (Å²) in [6.45, 7) is 0. The van der Waals surface area contributed by atoms with Crippen molar-refractivity contribution in [3.05, 3.63) is 65.9 Å². The minimum absolute atomic E-state index is 0.857. The van der Waals surface area contributed by atoms with Gasteiger partial charge in [0.15, 0.2) is 0 Å². The van der Waals surface area contributed by atoms with E-state index >= 15 is 0 Å². The van der Waals surface area contributed by atoms with Crippen molar-refractivity contribution in [2.24, 2.45) is 0 Å². The number of nitrogens with zero attached hydrogens (tertiary/aromatic N) is 2. The van der Waals surface area contributed by atoms with Crippen molar-refractivity contribution in [2.75, 3.05) is 7.11 Å². The van der Waals surface area contributed by atoms with Gasteiger partial charge in [-0.2, -0.15) is 10.2 Å². The molecule has 0 aliphatic rings. The maximum Gasteiger partial charge on any atom is 0.126 e. The van der Waals surface area contributed by atoms with E-state index in [0.29, 0.717) is 0 Å². The summed E-state index contributed by atoms with van der Waals surface area (Å²) in [4.78, 5) is 0. The first kappa shape index (κ1) is 12.4. The fourth-order valence-electron chi connectivity index (χ4n) is 2.14. The topological polar surface area (TPSA) is 35.0 Å². The van der Waals surface area contributed by atoms with E-state index in [1.807, 2.05) is 60.7 Å². The zero-order valence-electron chi connectivity index (χ0n) is 11.2. The smallest absolute Gasteiger partial charge is 0.126 e. The van der Waals surface area contributed by atoms with Crippen molar-refractivity contribution in [3.8, 4) is 5.75 Å². The number of methoxy groups -OCH3 is 1. The second-order valence-electron chi connectivity index (χ2n) is 4.39. The molecule has 0 fully saturated rings. The van der Waals surface area contributed by atoms with E-state index in [1.54, 1.807) is 13.3 Å². The fraction of sp³-hybridized carbons (Fsp3) is 0.0588. The minimum atomic E-state index is 0.857. The Morgan fingerprint density at radius 1 is 0.900 bits per heavy atom. The van der Waals surface area contributed by atoms with Gasteiger partial charge in [-0.1, -0.05) is 48.6 Å². The molecule has 0 N–H and O–H groups in total. The number of ether oxygens (including phenoxy) is 1. The van der Waals surface area contributed by atoms with Gasteiger partial charge in [0.2, 0.25) is 0 Å². The standard InChI is InChI=1S/C17H14N2O/c1-20-17-9-5-2-6-13(17)10-11-14-12-18-19-16-8-4-3-7-15(14)16/h2-12H,1H3/b11-10-. The summed E-state index contributed by atoms with van der Waals surface area (Å²) in [5.74, 6) is 0.857. The van der Waals surface area contributed by atoms with Gasteiger partial charge in [0, 0.05) is 16.5 Å². The molecule has 3 aromatic rings. The summed E-state index contributed by atoms with van der Waals surface area (Å²) in [6, 6.07) is 15.9. The van der Waals surface area contributed by atoms with Crippen molar-refractivity contribution in [1.82, 2.24) is 10.2 Å². The maximum absolute atomic E-state index is 5.34. The van der Waals surface area contributed by atoms with Crippen LogP contribution in [0, 0.1) is 0 Å². The number of hydrogen-bond donors (Lipinski definition) is 0. The predicted molar refractivity (Wildman–Crippen MR) is 81.5 cm³/mol. The Morgan fingerprint density at radius 3 is 2.55 bits per heavy atom. The van der Waals surface area contributed by atoms with Gasteiger partial charge in [-0.05, 0) is 12.1 Å². The van der Waals surface area contributed by atoms with E-state index in [9.17, 15) is 0 Å². The monoisotopic (exact) mass is 262 g/mol. The normalized spacial score (nSPS) is 11.1. The van der Waals surface area contributed by atoms with Crippen molar-refractivity contribution in [1.29, 1.82) is 0 Å². The highest BCUT2D eigenvalue weighted by Crippen LogP contribution is 2.22. The van der Waals surface area contributed by atoms with Crippen LogP contribution in [0.5, 0.6) is 5.75 Å². The van der Waals surface area contributed by atoms with E-state index < -0.39 is 0 Å². The van der Waals surface area contributed by atoms with Crippen LogP contribution in [0.15, 0.2) is 54.7 Å². The van der Waals surface area contributed by atoms with Crippen LogP contribution in [-0.4, -0.2) is 17.3 Å². The highest BCUT2D eigenvalue weighted by molar-refractivity contribution is 5.90. The first-order valence-corrected chi connectivity index (χ1v) is 6.40. The van der Waals surface area contributed by atoms with Crippen LogP contribution < -0.4 is 4.74 Å². The van der Waals surface area contributed by atoms with Crippen molar-refractivity contribution in [2.45, 2.75) is 0 Å². The molecule has 3 nitrogen and oxygen atoms in total. The molecule has 0 bridgehead atoms. The third-order valence-electron chi connectivity index (χ3n) is 3.16. The lowest BCUT2D eigenvalue weighted by molar-refractivity contribution is 0.414. The van der Waals surface area contributed by atoms with Gasteiger partial charge >= 0.3 is 0 Å². The van der Waals surface area contributed by atoms with Gasteiger partial charge in [0.1, 0.15) is 5.75 Å². The van der Waals surface area contributed by atoms with Crippen LogP contribution in [0.4, 0.5) is 0 Å². The zero-order chi connectivity index (χ0) is 13.8. The summed E-state index contributed by atoms with van der Waals surface area (Å²) in [5.41, 5.74) is 2.98. The maximum atomic E-state index is 5.34. The summed E-state index contributed by atoms with van der Waals surface area (Å²) in [5, 5.41) is 9.25. The van der Waals surface area contributed by atoms with Gasteiger partial charge in [-0.3, -0.25) is 0 Å². The van der Waals surface area contributed by atoms with Gasteiger partial charge in [0.25, 0.3) is 0 Å². The Kier molecular flexibility index (Phi) is 3.42. The summed E-state index contributed by atoms with van der Waals surface area (Å²) < 4.78 is 5.34. The molecule has 0 aliphatic heterocycles. The largest absolute Gasteiger partial charge is 0.496 e. The molecule has 0 unspecified atom stereocenters. The number of aromatic nitrogens is 2. The first-order chi connectivity index (χ1) is 9.88. The number of rotatable bonds is 3. The van der Waals surface area contributed by atoms with Gasteiger partial charge in [0.05, 0.1) is 18.8 Å². The highest BCUT2D eigenvalue weighted by atomic mass is 16.5. The molecule has 0 amide bonds. The fourth-order valence-corrected chi connectivity index (χ4v) is 2.14. The highest BCUT2D eigenvalue weighted by Gasteiger charge is 2.00. The molecule has 0 saturated carbocycles. The molecule has 1 heterocycles. The molecular formula is C17H14N2O. The number of hydrogen-bond acceptors (Lipinski definition) is 3. The molecule has 0 saturated heterocycles. The van der Waals surface area contributed by atoms with Crippen molar-refractivity contribution >= 4 is 23.1 Å². The lowest BCUT2D eigenvalue weighted by atomic mass is 10.1. The molecule has 3 heteroatoms. The number of benzene rings is 2. The van der Waals surface area contributed by atoms with Crippen molar-refractivity contribution < 1.29 is 4.74 Å². The molecule has 3 rings (SSSR count). The van der Waals surface area contributed by atoms with E-state index in [4.69, 9.17) is 4.74 Å². The predicted octanol–water partition coefficient (Wildman–Crippen LogP) is 3.81. The van der Waals surface area contributed by atoms with Crippen LogP contribution in [0.1, 0.15) is 11.1 Å². The SMILES string of the molecule is COc1ccccc1/C=C\c1cnnc2ccccc12. The van der Waals surface area contributed by atoms with E-state index in [0.717, 1.165) is 27.8 Å². The van der Waals surface area contributed by atoms with Gasteiger partial charge in [-0.25, -0.2) is 0 Å². The van der Waals surface area contributed by atoms with Crippen LogP contribution in [0.3, 0.4) is 0 Å². The Bertz CT molecular complexity index is 760. The van der Waals surface area contributed by atoms with Crippen molar-refractivity contribution in [3.63, 3.8) is 0 Å². The zero-order valence-corrected chi connectivity index (χ0v) is 11.2. The van der Waals surface area contributed by atoms with Crippen LogP contribution in [0.25, 0.3) is 23.1 Å². The quantitative estimate of drug-likeness (QED) is 0.720. The van der Waals surface area contributed by atoms with Crippen LogP contribution >= 0.6 is 0 Å². The molecule has 20 heavy (non-hydrogen) atoms. The molecule has 0 radical (unpaired) electrons. The average molecular weight is 262 g/mol. The Hall–Kier alpha value is -2.68. The minimum Gasteiger partial charge on any atom is -0.496 e. The summed E-state index contributed by atoms with van der Waals surface area (Å²) in [6.07, 6.45) is 5.84. The molecular weight excluding hydrogens is 248 g/mol.